The molecule has 3 nitrogen and oxygen atoms in total. The molecule has 168 valence electrons. The molecule has 32 heavy (non-hydrogen) atoms. The Balaban J connectivity index is 2.43. The van der Waals surface area contributed by atoms with Crippen molar-refractivity contribution < 1.29 is 56.5 Å². The summed E-state index contributed by atoms with van der Waals surface area (Å²) in [6, 6.07) is -10.1. The lowest BCUT2D eigenvalue weighted by Gasteiger charge is -2.53. The molecule has 3 heteroatoms. The number of benzene rings is 1. The Morgan fingerprint density at radius 3 is 2.91 bits per heavy atom. The Kier molecular flexibility index (Phi) is 1.24. The molecule has 4 aliphatic carbocycles. The third-order valence-electron chi connectivity index (χ3n) is 5.01. The minimum absolute atomic E-state index is 0.656. The maximum Gasteiger partial charge on any atom is 0.212 e. The molecule has 0 aromatic heterocycles. The minimum atomic E-state index is -5.34. The molecule has 0 unspecified atom stereocenters. The summed E-state index contributed by atoms with van der Waals surface area (Å²) in [6.45, 7) is -16.8. The topological polar surface area (TPSA) is 40.5 Å². The van der Waals surface area contributed by atoms with Gasteiger partial charge in [0, 0.05) is 77.1 Å². The molecule has 0 amide bonds. The van der Waals surface area contributed by atoms with Gasteiger partial charge in [0.15, 0.2) is 5.78 Å². The van der Waals surface area contributed by atoms with Crippen molar-refractivity contribution in [2.75, 3.05) is 18.9 Å². The zero-order valence-electron chi connectivity index (χ0n) is 50.8. The first-order valence-electron chi connectivity index (χ1n) is 26.2. The van der Waals surface area contributed by atoms with E-state index in [0.717, 1.165) is 0 Å². The van der Waals surface area contributed by atoms with Crippen LogP contribution >= 0.6 is 0 Å². The van der Waals surface area contributed by atoms with Gasteiger partial charge < -0.3 is 10.0 Å². The molecule has 0 bridgehead atoms. The zero-order chi connectivity index (χ0) is 53.0. The van der Waals surface area contributed by atoms with Gasteiger partial charge in [-0.15, -0.1) is 5.92 Å². The lowest BCUT2D eigenvalue weighted by Crippen LogP contribution is -2.51. The monoisotopic (exact) mass is 464 g/mol. The number of hydrogen-bond acceptors (Lipinski definition) is 3. The van der Waals surface area contributed by atoms with Crippen LogP contribution in [0.1, 0.15) is 116 Å². The van der Waals surface area contributed by atoms with Crippen LogP contribution in [0.5, 0.6) is 0 Å². The van der Waals surface area contributed by atoms with Crippen LogP contribution in [0.15, 0.2) is 46.9 Å². The Morgan fingerprint density at radius 2 is 2.16 bits per heavy atom. The number of hydrogen-bond donors (Lipinski definition) is 1. The van der Waals surface area contributed by atoms with Gasteiger partial charge in [-0.05, 0) is 91.7 Å². The average Bonchev–Trinajstić information content (AvgIpc) is 3.21. The van der Waals surface area contributed by atoms with Crippen molar-refractivity contribution in [3.05, 3.63) is 52.5 Å². The van der Waals surface area contributed by atoms with Gasteiger partial charge in [0.1, 0.15) is 5.60 Å². The smallest absolute Gasteiger partial charge is 0.212 e. The van der Waals surface area contributed by atoms with E-state index in [0.29, 0.717) is 0 Å². The van der Waals surface area contributed by atoms with Crippen LogP contribution in [0.25, 0.3) is 0 Å². The van der Waals surface area contributed by atoms with Gasteiger partial charge in [-0.1, -0.05) is 30.4 Å². The van der Waals surface area contributed by atoms with Crippen molar-refractivity contribution in [1.29, 1.82) is 1.43 Å². The van der Waals surface area contributed by atoms with Gasteiger partial charge in [0.25, 0.3) is 0 Å². The number of aliphatic hydroxyl groups is 1. The van der Waals surface area contributed by atoms with Crippen molar-refractivity contribution in [2.45, 2.75) is 69.8 Å². The van der Waals surface area contributed by atoms with Crippen molar-refractivity contribution in [2.24, 2.45) is 17.2 Å². The molecule has 2 saturated carbocycles. The highest BCUT2D eigenvalue weighted by atomic mass is 16.3. The number of fused-ring (bicyclic) bond motifs is 4. The lowest BCUT2D eigenvalue weighted by atomic mass is 9.51. The zero-order valence-corrected chi connectivity index (χ0v) is 15.8. The van der Waals surface area contributed by atoms with Crippen LogP contribution in [0.3, 0.4) is 0 Å². The molecule has 2 fully saturated rings. The summed E-state index contributed by atoms with van der Waals surface area (Å²) in [5.41, 5.74) is -20.9. The van der Waals surface area contributed by atoms with Crippen LogP contribution in [-0.4, -0.2) is 31.9 Å². The molecule has 1 aromatic carbocycles. The highest BCUT2D eigenvalue weighted by molar-refractivity contribution is 5.93. The van der Waals surface area contributed by atoms with Gasteiger partial charge in [0.2, 0.25) is 1.43 Å². The molecular formula is C29H35NO2. The first-order valence-corrected chi connectivity index (χ1v) is 8.83. The molecule has 0 radical (unpaired) electrons. The molecule has 0 heterocycles. The second-order valence-electron chi connectivity index (χ2n) is 6.82. The predicted molar refractivity (Wildman–Crippen MR) is 129 cm³/mol. The highest BCUT2D eigenvalue weighted by Gasteiger charge is 2.62. The first kappa shape index (κ1) is 5.18. The SMILES string of the molecule is [2H]O[C@@]1(C#CC([2H])([2H])[2H])C([2H])([2H])C([2H])([2H])[C@]2([2H])[C@]1(C([2H])([2H])[2H])C([2H])([2H])[C@]([2H])(c1c([2H])c([2H])c(N(C([2H])([2H])[2H])C([2H])([2H])[2H])c([2H])c1[2H])C1=C3C(=C([2H])C(=O)C([2H])([2H])C3([2H])[2H])C([2H])([2H])C([2H])([2H])[C@]12[2H]. The van der Waals surface area contributed by atoms with Crippen molar-refractivity contribution in [3.8, 4) is 11.8 Å². The third-order valence-corrected chi connectivity index (χ3v) is 5.01. The number of allylic oxidation sites excluding steroid dienone is 4. The second kappa shape index (κ2) is 7.63. The highest BCUT2D eigenvalue weighted by Crippen LogP contribution is 2.66. The number of carbonyl (C=O) groups excluding carboxylic acids is 1. The number of nitrogens with zero attached hydrogens (tertiary/aromatic N) is 1. The fourth-order valence-electron chi connectivity index (χ4n) is 3.53. The van der Waals surface area contributed by atoms with E-state index in [1.807, 2.05) is 0 Å². The molecule has 4 aliphatic rings. The van der Waals surface area contributed by atoms with Gasteiger partial charge >= 0.3 is 0 Å². The Morgan fingerprint density at radius 1 is 1.28 bits per heavy atom. The average molecular weight is 465 g/mol. The van der Waals surface area contributed by atoms with E-state index >= 15 is 0 Å². The van der Waals surface area contributed by atoms with Gasteiger partial charge in [-0.25, -0.2) is 0 Å². The summed E-state index contributed by atoms with van der Waals surface area (Å²) in [7, 11) is 0. The van der Waals surface area contributed by atoms with Crippen molar-refractivity contribution in [3.63, 3.8) is 0 Å². The Labute approximate surface area is 241 Å². The number of anilines is 1. The van der Waals surface area contributed by atoms with Crippen LogP contribution in [-0.2, 0) is 4.79 Å². The van der Waals surface area contributed by atoms with Gasteiger partial charge in [-0.3, -0.25) is 4.79 Å². The van der Waals surface area contributed by atoms with Gasteiger partial charge in [-0.2, -0.15) is 0 Å². The maximum absolute atomic E-state index is 13.5. The summed E-state index contributed by atoms with van der Waals surface area (Å²) in [5, 5.41) is 4.54. The lowest BCUT2D eigenvalue weighted by molar-refractivity contribution is -0.114. The summed E-state index contributed by atoms with van der Waals surface area (Å²) in [6.07, 6.45) is -33.6. The van der Waals surface area contributed by atoms with Gasteiger partial charge in [0.05, 0.1) is 6.85 Å². The Hall–Kier alpha value is -2.31. The minimum Gasteiger partial charge on any atom is -0.378 e. The number of ketones is 1. The van der Waals surface area contributed by atoms with Crippen molar-refractivity contribution >= 4 is 11.5 Å². The predicted octanol–water partition coefficient (Wildman–Crippen LogP) is 5.41. The quantitative estimate of drug-likeness (QED) is 0.608. The second-order valence-corrected chi connectivity index (χ2v) is 6.82. The fourth-order valence-corrected chi connectivity index (χ4v) is 3.53. The fraction of sp³-hybridized carbons (Fsp3) is 0.552. The van der Waals surface area contributed by atoms with E-state index in [9.17, 15) is 17.1 Å². The third kappa shape index (κ3) is 3.11. The summed E-state index contributed by atoms with van der Waals surface area (Å²) in [4.78, 5) is 12.8. The van der Waals surface area contributed by atoms with Crippen LogP contribution in [0.4, 0.5) is 5.69 Å². The largest absolute Gasteiger partial charge is 0.378 e. The van der Waals surface area contributed by atoms with E-state index in [1.165, 1.54) is 11.8 Å². The molecule has 0 saturated heterocycles. The number of rotatable bonds is 3. The first-order chi connectivity index (χ1) is 29.2. The van der Waals surface area contributed by atoms with Crippen molar-refractivity contribution in [1.82, 2.24) is 0 Å². The normalized spacial score (nSPS) is 71.6. The van der Waals surface area contributed by atoms with E-state index in [2.05, 4.69) is 5.11 Å². The molecule has 0 aliphatic heterocycles. The van der Waals surface area contributed by atoms with E-state index in [1.54, 1.807) is 0 Å². The molecular weight excluding hydrogens is 394 g/mol. The van der Waals surface area contributed by atoms with E-state index in [-0.39, 0.29) is 0 Å². The molecule has 1 aromatic rings. The summed E-state index contributed by atoms with van der Waals surface area (Å²) >= 11 is 0. The van der Waals surface area contributed by atoms with E-state index < -0.39 is 170 Å². The summed E-state index contributed by atoms with van der Waals surface area (Å²) < 4.78 is 310. The Bertz CT molecular complexity index is 2450. The van der Waals surface area contributed by atoms with Crippen LogP contribution in [0.2, 0.25) is 0 Å². The summed E-state index contributed by atoms with van der Waals surface area (Å²) in [5.74, 6) is -15.3. The van der Waals surface area contributed by atoms with E-state index in [4.69, 9.17) is 35.7 Å². The molecule has 1 N–H and O–H groups in total. The standard InChI is InChI=1S/C29H35NO2/c1-5-15-29(32)16-14-26-24-12-8-20-17-22(31)11-13-23(20)27(24)25(18-28(26,29)2)19-6-9-21(10-7-19)30(3)4/h6-7,9-10,17,24-26,32H,8,11-14,16,18H2,1-4H3/t24-,25+,26-,28-,29-/m0/s1/i1D3,2D3,3D3,4D3,6D,7D,8D2,9D,10D,11D2,12D2,13D2,14D2,16D2,17D,18D2,24D,25D,26D,32D. The number of carbonyl (C=O) groups is 1. The van der Waals surface area contributed by atoms with Crippen LogP contribution < -0.4 is 4.90 Å². The molecule has 5 rings (SSSR count). The van der Waals surface area contributed by atoms with Crippen LogP contribution in [0, 0.1) is 29.0 Å². The maximum atomic E-state index is 13.5. The molecule has 0 spiro atoms. The molecule has 5 atom stereocenters.